The summed E-state index contributed by atoms with van der Waals surface area (Å²) in [5, 5.41) is 16.2. The lowest BCUT2D eigenvalue weighted by Crippen LogP contribution is -2.35. The van der Waals surface area contributed by atoms with Gasteiger partial charge in [0.15, 0.2) is 0 Å². The molecule has 3 N–H and O–H groups in total. The molecule has 1 aliphatic heterocycles. The highest BCUT2D eigenvalue weighted by Gasteiger charge is 2.24. The zero-order valence-electron chi connectivity index (χ0n) is 10.8. The Labute approximate surface area is 134 Å². The number of hydrogen-bond donors (Lipinski definition) is 3. The maximum absolute atomic E-state index is 11.7. The number of carbonyl (C=O) groups is 1. The first kappa shape index (κ1) is 17.6. The lowest BCUT2D eigenvalue weighted by Gasteiger charge is -2.14. The predicted octanol–water partition coefficient (Wildman–Crippen LogP) is 1.55. The molecule has 1 aliphatic rings. The van der Waals surface area contributed by atoms with Gasteiger partial charge < -0.3 is 15.7 Å². The number of aliphatic hydroxyl groups excluding tert-OH is 1. The van der Waals surface area contributed by atoms with E-state index in [2.05, 4.69) is 10.6 Å². The minimum Gasteiger partial charge on any atom is -0.391 e. The summed E-state index contributed by atoms with van der Waals surface area (Å²) in [6.45, 7) is 1.87. The monoisotopic (exact) mass is 336 g/mol. The van der Waals surface area contributed by atoms with Crippen LogP contribution in [0.15, 0.2) is 29.2 Å². The first-order chi connectivity index (χ1) is 9.16. The third kappa shape index (κ3) is 5.14. The Morgan fingerprint density at radius 1 is 1.45 bits per heavy atom. The van der Waals surface area contributed by atoms with E-state index in [0.717, 1.165) is 11.4 Å². The Morgan fingerprint density at radius 2 is 2.20 bits per heavy atom. The van der Waals surface area contributed by atoms with E-state index in [4.69, 9.17) is 11.6 Å². The summed E-state index contributed by atoms with van der Waals surface area (Å²) in [5.74, 6) is 0.401. The van der Waals surface area contributed by atoms with Gasteiger partial charge in [0.1, 0.15) is 0 Å². The molecule has 1 aromatic rings. The molecule has 1 saturated heterocycles. The molecular formula is C13H18Cl2N2O2S. The molecule has 0 radical (unpaired) electrons. The van der Waals surface area contributed by atoms with Crippen LogP contribution in [0.5, 0.6) is 0 Å². The topological polar surface area (TPSA) is 61.4 Å². The van der Waals surface area contributed by atoms with Crippen molar-refractivity contribution in [3.63, 3.8) is 0 Å². The van der Waals surface area contributed by atoms with Gasteiger partial charge in [0.2, 0.25) is 5.91 Å². The number of rotatable bonds is 5. The van der Waals surface area contributed by atoms with Gasteiger partial charge >= 0.3 is 0 Å². The highest BCUT2D eigenvalue weighted by atomic mass is 35.5. The lowest BCUT2D eigenvalue weighted by atomic mass is 10.1. The highest BCUT2D eigenvalue weighted by molar-refractivity contribution is 8.00. The van der Waals surface area contributed by atoms with Crippen molar-refractivity contribution in [1.29, 1.82) is 0 Å². The van der Waals surface area contributed by atoms with Gasteiger partial charge in [-0.2, -0.15) is 0 Å². The molecule has 0 saturated carbocycles. The zero-order valence-corrected chi connectivity index (χ0v) is 13.2. The number of carbonyl (C=O) groups excluding carboxylic acids is 1. The van der Waals surface area contributed by atoms with E-state index in [0.29, 0.717) is 23.9 Å². The second-order valence-electron chi connectivity index (χ2n) is 4.51. The van der Waals surface area contributed by atoms with Gasteiger partial charge in [-0.3, -0.25) is 4.79 Å². The van der Waals surface area contributed by atoms with E-state index >= 15 is 0 Å². The Balaban J connectivity index is 0.00000200. The molecule has 1 heterocycles. The molecule has 0 aliphatic carbocycles. The molecule has 2 unspecified atom stereocenters. The zero-order chi connectivity index (χ0) is 13.7. The molecule has 7 heteroatoms. The number of nitrogens with one attached hydrogen (secondary N) is 2. The van der Waals surface area contributed by atoms with Crippen LogP contribution in [0.3, 0.4) is 0 Å². The summed E-state index contributed by atoms with van der Waals surface area (Å²) in [6, 6.07) is 7.46. The maximum Gasteiger partial charge on any atom is 0.230 e. The van der Waals surface area contributed by atoms with Gasteiger partial charge in [-0.25, -0.2) is 0 Å². The Bertz CT molecular complexity index is 448. The molecule has 2 atom stereocenters. The average Bonchev–Trinajstić information content (AvgIpc) is 2.81. The quantitative estimate of drug-likeness (QED) is 0.714. The summed E-state index contributed by atoms with van der Waals surface area (Å²) in [4.78, 5) is 12.6. The molecule has 2 rings (SSSR count). The Hall–Kier alpha value is -0.460. The standard InChI is InChI=1S/C13H17ClN2O2S.ClH/c14-10-3-1-2-4-12(10)19-8-13(18)16-6-9-5-15-7-11(9)17;/h1-4,9,11,15,17H,5-8H2,(H,16,18);1H. The Morgan fingerprint density at radius 3 is 2.85 bits per heavy atom. The Kier molecular flexibility index (Phi) is 7.69. The van der Waals surface area contributed by atoms with Crippen LogP contribution >= 0.6 is 35.8 Å². The van der Waals surface area contributed by atoms with Crippen LogP contribution in [-0.4, -0.2) is 42.5 Å². The van der Waals surface area contributed by atoms with E-state index in [9.17, 15) is 9.90 Å². The van der Waals surface area contributed by atoms with Crippen LogP contribution in [0.4, 0.5) is 0 Å². The highest BCUT2D eigenvalue weighted by Crippen LogP contribution is 2.26. The van der Waals surface area contributed by atoms with Gasteiger partial charge in [0.25, 0.3) is 0 Å². The molecule has 0 bridgehead atoms. The van der Waals surface area contributed by atoms with E-state index in [1.165, 1.54) is 11.8 Å². The molecule has 4 nitrogen and oxygen atoms in total. The van der Waals surface area contributed by atoms with Crippen LogP contribution < -0.4 is 10.6 Å². The molecule has 0 aromatic heterocycles. The van der Waals surface area contributed by atoms with Crippen molar-refractivity contribution >= 4 is 41.7 Å². The maximum atomic E-state index is 11.7. The van der Waals surface area contributed by atoms with Crippen LogP contribution in [0.25, 0.3) is 0 Å². The summed E-state index contributed by atoms with van der Waals surface area (Å²) in [5.41, 5.74) is 0. The fourth-order valence-corrected chi connectivity index (χ4v) is 3.00. The number of hydrogen-bond acceptors (Lipinski definition) is 4. The van der Waals surface area contributed by atoms with Gasteiger partial charge in [0, 0.05) is 30.4 Å². The summed E-state index contributed by atoms with van der Waals surface area (Å²) in [6.07, 6.45) is -0.364. The molecule has 112 valence electrons. The number of β-amino-alcohol motifs (C(OH)–C–C–N with tert-alkyl or cyclic N) is 1. The minimum atomic E-state index is -0.364. The van der Waals surface area contributed by atoms with Crippen LogP contribution in [0.1, 0.15) is 0 Å². The van der Waals surface area contributed by atoms with E-state index in [1.807, 2.05) is 24.3 Å². The van der Waals surface area contributed by atoms with Crippen LogP contribution in [0.2, 0.25) is 5.02 Å². The van der Waals surface area contributed by atoms with Gasteiger partial charge in [-0.1, -0.05) is 23.7 Å². The van der Waals surface area contributed by atoms with Crippen LogP contribution in [-0.2, 0) is 4.79 Å². The molecule has 0 spiro atoms. The number of amides is 1. The van der Waals surface area contributed by atoms with Crippen molar-refractivity contribution in [2.24, 2.45) is 5.92 Å². The third-order valence-corrected chi connectivity index (χ3v) is 4.58. The van der Waals surface area contributed by atoms with Crippen molar-refractivity contribution in [3.8, 4) is 0 Å². The summed E-state index contributed by atoms with van der Waals surface area (Å²) in [7, 11) is 0. The largest absolute Gasteiger partial charge is 0.391 e. The normalized spacial score (nSPS) is 21.3. The SMILES string of the molecule is Cl.O=C(CSc1ccccc1Cl)NCC1CNCC1O. The second kappa shape index (κ2) is 8.74. The van der Waals surface area contributed by atoms with Gasteiger partial charge in [-0.15, -0.1) is 24.2 Å². The summed E-state index contributed by atoms with van der Waals surface area (Å²) >= 11 is 7.43. The smallest absolute Gasteiger partial charge is 0.230 e. The van der Waals surface area contributed by atoms with Crippen molar-refractivity contribution in [3.05, 3.63) is 29.3 Å². The van der Waals surface area contributed by atoms with Gasteiger partial charge in [0.05, 0.1) is 16.9 Å². The number of benzene rings is 1. The van der Waals surface area contributed by atoms with Crippen molar-refractivity contribution in [2.75, 3.05) is 25.4 Å². The second-order valence-corrected chi connectivity index (χ2v) is 5.93. The van der Waals surface area contributed by atoms with Crippen LogP contribution in [0, 0.1) is 5.92 Å². The number of aliphatic hydroxyl groups is 1. The fourth-order valence-electron chi connectivity index (χ4n) is 1.93. The first-order valence-electron chi connectivity index (χ1n) is 6.19. The molecule has 1 amide bonds. The van der Waals surface area contributed by atoms with E-state index in [-0.39, 0.29) is 30.3 Å². The van der Waals surface area contributed by atoms with Crippen molar-refractivity contribution in [2.45, 2.75) is 11.0 Å². The van der Waals surface area contributed by atoms with Crippen molar-refractivity contribution in [1.82, 2.24) is 10.6 Å². The number of thioether (sulfide) groups is 1. The fraction of sp³-hybridized carbons (Fsp3) is 0.462. The molecule has 20 heavy (non-hydrogen) atoms. The van der Waals surface area contributed by atoms with Gasteiger partial charge in [-0.05, 0) is 12.1 Å². The van der Waals surface area contributed by atoms with Crippen molar-refractivity contribution < 1.29 is 9.90 Å². The third-order valence-electron chi connectivity index (χ3n) is 3.06. The minimum absolute atomic E-state index is 0. The van der Waals surface area contributed by atoms with E-state index < -0.39 is 0 Å². The number of halogens is 2. The average molecular weight is 337 g/mol. The summed E-state index contributed by atoms with van der Waals surface area (Å²) < 4.78 is 0. The van der Waals surface area contributed by atoms with E-state index in [1.54, 1.807) is 0 Å². The predicted molar refractivity (Wildman–Crippen MR) is 84.8 cm³/mol. The molecule has 1 fully saturated rings. The lowest BCUT2D eigenvalue weighted by molar-refractivity contribution is -0.118. The first-order valence-corrected chi connectivity index (χ1v) is 7.56. The molecular weight excluding hydrogens is 319 g/mol. The molecule has 1 aromatic carbocycles.